The number of carbonyl (C=O) groups is 1. The molecule has 0 aliphatic heterocycles. The Balaban J connectivity index is 3.45. The molecule has 1 rings (SSSR count). The highest BCUT2D eigenvalue weighted by molar-refractivity contribution is 9.10. The number of halogens is 1. The predicted octanol–water partition coefficient (Wildman–Crippen LogP) is 2.22. The lowest BCUT2D eigenvalue weighted by Crippen LogP contribution is -2.15. The van der Waals surface area contributed by atoms with Gasteiger partial charge in [0.1, 0.15) is 5.75 Å². The number of nitrogens with two attached hydrogens (primary N) is 1. The first-order valence-corrected chi connectivity index (χ1v) is 5.39. The molecule has 0 heterocycles. The molecule has 0 unspecified atom stereocenters. The first-order valence-electron chi connectivity index (χ1n) is 4.59. The average Bonchev–Trinajstić information content (AvgIpc) is 2.24. The van der Waals surface area contributed by atoms with E-state index in [4.69, 9.17) is 10.5 Å². The van der Waals surface area contributed by atoms with Gasteiger partial charge in [0.05, 0.1) is 19.2 Å². The first kappa shape index (κ1) is 12.2. The monoisotopic (exact) mass is 271 g/mol. The number of carbonyl (C=O) groups excluding carboxylic acids is 1. The molecule has 2 N–H and O–H groups in total. The summed E-state index contributed by atoms with van der Waals surface area (Å²) in [6, 6.07) is 1.80. The number of ether oxygens (including phenoxy) is 1. The lowest BCUT2D eigenvalue weighted by atomic mass is 10.0. The summed E-state index contributed by atoms with van der Waals surface area (Å²) >= 11 is 3.45. The molecule has 1 aromatic rings. The molecule has 1 aromatic carbocycles. The van der Waals surface area contributed by atoms with Crippen LogP contribution in [0.1, 0.15) is 21.5 Å². The second-order valence-corrected chi connectivity index (χ2v) is 4.13. The number of hydrogen-bond donors (Lipinski definition) is 1. The summed E-state index contributed by atoms with van der Waals surface area (Å²) < 4.78 is 6.19. The van der Waals surface area contributed by atoms with Crippen LogP contribution in [-0.4, -0.2) is 19.4 Å². The summed E-state index contributed by atoms with van der Waals surface area (Å²) in [6.45, 7) is 3.84. The van der Waals surface area contributed by atoms with Crippen LogP contribution in [0.2, 0.25) is 0 Å². The van der Waals surface area contributed by atoms with Crippen molar-refractivity contribution in [1.29, 1.82) is 0 Å². The fourth-order valence-electron chi connectivity index (χ4n) is 1.52. The number of rotatable bonds is 3. The van der Waals surface area contributed by atoms with Crippen LogP contribution in [0.5, 0.6) is 5.75 Å². The van der Waals surface area contributed by atoms with Crippen molar-refractivity contribution in [1.82, 2.24) is 0 Å². The van der Waals surface area contributed by atoms with E-state index in [2.05, 4.69) is 15.9 Å². The number of Topliss-reactive ketones (excluding diaryl/α,β-unsaturated/α-hetero) is 1. The average molecular weight is 272 g/mol. The van der Waals surface area contributed by atoms with E-state index in [0.717, 1.165) is 15.6 Å². The Morgan fingerprint density at radius 2 is 2.13 bits per heavy atom. The van der Waals surface area contributed by atoms with Crippen LogP contribution in [0.3, 0.4) is 0 Å². The number of hydrogen-bond acceptors (Lipinski definition) is 3. The molecule has 0 aromatic heterocycles. The smallest absolute Gasteiger partial charge is 0.180 e. The van der Waals surface area contributed by atoms with Gasteiger partial charge in [-0.05, 0) is 25.5 Å². The third kappa shape index (κ3) is 2.21. The van der Waals surface area contributed by atoms with Gasteiger partial charge in [-0.15, -0.1) is 0 Å². The number of methoxy groups -OCH3 is 1. The fraction of sp³-hybridized carbons (Fsp3) is 0.364. The Kier molecular flexibility index (Phi) is 3.88. The molecule has 0 saturated carbocycles. The van der Waals surface area contributed by atoms with Crippen molar-refractivity contribution in [3.63, 3.8) is 0 Å². The minimum absolute atomic E-state index is 0.00310. The van der Waals surface area contributed by atoms with Gasteiger partial charge in [-0.25, -0.2) is 0 Å². The SMILES string of the molecule is COc1c(C(=O)CN)cc(C)c(Br)c1C. The van der Waals surface area contributed by atoms with Crippen molar-refractivity contribution in [3.05, 3.63) is 27.2 Å². The molecule has 0 fully saturated rings. The molecule has 0 aliphatic carbocycles. The molecular weight excluding hydrogens is 258 g/mol. The van der Waals surface area contributed by atoms with Gasteiger partial charge in [0.2, 0.25) is 0 Å². The third-order valence-electron chi connectivity index (χ3n) is 2.31. The van der Waals surface area contributed by atoms with Gasteiger partial charge in [0, 0.05) is 10.0 Å². The fourth-order valence-corrected chi connectivity index (χ4v) is 1.82. The maximum absolute atomic E-state index is 11.6. The molecule has 0 aliphatic rings. The zero-order valence-electron chi connectivity index (χ0n) is 9.06. The van der Waals surface area contributed by atoms with Crippen molar-refractivity contribution in [2.24, 2.45) is 5.73 Å². The van der Waals surface area contributed by atoms with Crippen LogP contribution in [0, 0.1) is 13.8 Å². The summed E-state index contributed by atoms with van der Waals surface area (Å²) in [5.74, 6) is 0.494. The van der Waals surface area contributed by atoms with Gasteiger partial charge in [0.25, 0.3) is 0 Å². The van der Waals surface area contributed by atoms with Crippen LogP contribution < -0.4 is 10.5 Å². The number of benzene rings is 1. The van der Waals surface area contributed by atoms with E-state index >= 15 is 0 Å². The quantitative estimate of drug-likeness (QED) is 0.858. The molecule has 0 spiro atoms. The van der Waals surface area contributed by atoms with Crippen molar-refractivity contribution < 1.29 is 9.53 Å². The highest BCUT2D eigenvalue weighted by atomic mass is 79.9. The molecule has 3 nitrogen and oxygen atoms in total. The largest absolute Gasteiger partial charge is 0.496 e. The van der Waals surface area contributed by atoms with E-state index in [9.17, 15) is 4.79 Å². The van der Waals surface area contributed by atoms with E-state index < -0.39 is 0 Å². The molecule has 0 amide bonds. The zero-order valence-corrected chi connectivity index (χ0v) is 10.6. The Morgan fingerprint density at radius 1 is 1.53 bits per heavy atom. The molecule has 15 heavy (non-hydrogen) atoms. The molecule has 0 atom stereocenters. The molecule has 4 heteroatoms. The number of aryl methyl sites for hydroxylation is 1. The Hall–Kier alpha value is -0.870. The van der Waals surface area contributed by atoms with Crippen LogP contribution >= 0.6 is 15.9 Å². The second kappa shape index (κ2) is 4.77. The maximum Gasteiger partial charge on any atom is 0.180 e. The summed E-state index contributed by atoms with van der Waals surface area (Å²) in [7, 11) is 1.55. The number of ketones is 1. The van der Waals surface area contributed by atoms with Crippen LogP contribution in [-0.2, 0) is 0 Å². The summed E-state index contributed by atoms with van der Waals surface area (Å²) in [5.41, 5.74) is 7.83. The van der Waals surface area contributed by atoms with E-state index in [-0.39, 0.29) is 12.3 Å². The minimum Gasteiger partial charge on any atom is -0.496 e. The van der Waals surface area contributed by atoms with E-state index in [1.165, 1.54) is 0 Å². The van der Waals surface area contributed by atoms with Crippen LogP contribution in [0.4, 0.5) is 0 Å². The Labute approximate surface area is 97.7 Å². The summed E-state index contributed by atoms with van der Waals surface area (Å²) in [4.78, 5) is 11.6. The highest BCUT2D eigenvalue weighted by Gasteiger charge is 2.16. The van der Waals surface area contributed by atoms with Crippen molar-refractivity contribution in [2.45, 2.75) is 13.8 Å². The van der Waals surface area contributed by atoms with Crippen LogP contribution in [0.25, 0.3) is 0 Å². The molecule has 82 valence electrons. The Bertz CT molecular complexity index is 402. The zero-order chi connectivity index (χ0) is 11.6. The predicted molar refractivity (Wildman–Crippen MR) is 63.6 cm³/mol. The highest BCUT2D eigenvalue weighted by Crippen LogP contribution is 2.32. The van der Waals surface area contributed by atoms with Gasteiger partial charge < -0.3 is 10.5 Å². The minimum atomic E-state index is -0.106. The van der Waals surface area contributed by atoms with Gasteiger partial charge in [-0.3, -0.25) is 4.79 Å². The van der Waals surface area contributed by atoms with E-state index in [1.54, 1.807) is 13.2 Å². The maximum atomic E-state index is 11.6. The second-order valence-electron chi connectivity index (χ2n) is 3.34. The topological polar surface area (TPSA) is 52.3 Å². The third-order valence-corrected chi connectivity index (χ3v) is 3.53. The van der Waals surface area contributed by atoms with Crippen molar-refractivity contribution >= 4 is 21.7 Å². The molecule has 0 saturated heterocycles. The van der Waals surface area contributed by atoms with Crippen molar-refractivity contribution in [3.8, 4) is 5.75 Å². The van der Waals surface area contributed by atoms with Crippen molar-refractivity contribution in [2.75, 3.05) is 13.7 Å². The van der Waals surface area contributed by atoms with Crippen LogP contribution in [0.15, 0.2) is 10.5 Å². The van der Waals surface area contributed by atoms with Gasteiger partial charge in [-0.1, -0.05) is 15.9 Å². The van der Waals surface area contributed by atoms with Gasteiger partial charge in [0.15, 0.2) is 5.78 Å². The molecular formula is C11H14BrNO2. The lowest BCUT2D eigenvalue weighted by molar-refractivity contribution is 0.0998. The summed E-state index contributed by atoms with van der Waals surface area (Å²) in [5, 5.41) is 0. The normalized spacial score (nSPS) is 10.2. The van der Waals surface area contributed by atoms with Gasteiger partial charge in [-0.2, -0.15) is 0 Å². The van der Waals surface area contributed by atoms with Gasteiger partial charge >= 0.3 is 0 Å². The lowest BCUT2D eigenvalue weighted by Gasteiger charge is -2.13. The Morgan fingerprint density at radius 3 is 2.60 bits per heavy atom. The molecule has 0 bridgehead atoms. The first-order chi connectivity index (χ1) is 7.02. The van der Waals surface area contributed by atoms with E-state index in [0.29, 0.717) is 11.3 Å². The van der Waals surface area contributed by atoms with E-state index in [1.807, 2.05) is 13.8 Å². The summed E-state index contributed by atoms with van der Waals surface area (Å²) in [6.07, 6.45) is 0. The molecule has 0 radical (unpaired) electrons. The standard InChI is InChI=1S/C11H14BrNO2/c1-6-4-8(9(14)5-13)11(15-3)7(2)10(6)12/h4H,5,13H2,1-3H3.